The Morgan fingerprint density at radius 2 is 1.23 bits per heavy atom. The van der Waals surface area contributed by atoms with Gasteiger partial charge in [0, 0.05) is 16.3 Å². The van der Waals surface area contributed by atoms with Crippen LogP contribution in [-0.2, 0) is 10.8 Å². The summed E-state index contributed by atoms with van der Waals surface area (Å²) in [7, 11) is 0. The van der Waals surface area contributed by atoms with Gasteiger partial charge in [-0.1, -0.05) is 102 Å². The standard InChI is InChI=1S/C40H35N3/c1-39(2,3)29-15-19-37-33(23-29)34-24-30(40(4,5)6)16-20-38(34)43(37)36-18-14-28(22-32(36)27-11-9-8-10-12-27)31-21-26(25-41)13-17-35(31)42-7/h8-24H,1-6H3. The summed E-state index contributed by atoms with van der Waals surface area (Å²) in [6.07, 6.45) is 0. The van der Waals surface area contributed by atoms with Gasteiger partial charge < -0.3 is 4.57 Å². The van der Waals surface area contributed by atoms with Crippen LogP contribution < -0.4 is 0 Å². The molecular formula is C40H35N3. The van der Waals surface area contributed by atoms with Crippen molar-refractivity contribution >= 4 is 27.5 Å². The van der Waals surface area contributed by atoms with Gasteiger partial charge in [0.25, 0.3) is 0 Å². The fourth-order valence-electron chi connectivity index (χ4n) is 5.90. The van der Waals surface area contributed by atoms with Crippen molar-refractivity contribution < 1.29 is 0 Å². The minimum absolute atomic E-state index is 0.0275. The van der Waals surface area contributed by atoms with Gasteiger partial charge in [0.15, 0.2) is 5.69 Å². The van der Waals surface area contributed by atoms with E-state index >= 15 is 0 Å². The van der Waals surface area contributed by atoms with Crippen LogP contribution >= 0.6 is 0 Å². The molecule has 0 aliphatic carbocycles. The molecule has 6 rings (SSSR count). The van der Waals surface area contributed by atoms with Gasteiger partial charge in [0.05, 0.1) is 34.9 Å². The van der Waals surface area contributed by atoms with Crippen molar-refractivity contribution in [1.82, 2.24) is 4.57 Å². The third-order valence-electron chi connectivity index (χ3n) is 8.38. The van der Waals surface area contributed by atoms with E-state index in [-0.39, 0.29) is 10.8 Å². The smallest absolute Gasteiger partial charge is 0.194 e. The van der Waals surface area contributed by atoms with Crippen molar-refractivity contribution in [3.8, 4) is 34.0 Å². The van der Waals surface area contributed by atoms with Crippen molar-refractivity contribution in [1.29, 1.82) is 5.26 Å². The Kier molecular flexibility index (Phi) is 6.71. The molecule has 0 atom stereocenters. The lowest BCUT2D eigenvalue weighted by atomic mass is 9.85. The average molecular weight is 558 g/mol. The molecule has 6 aromatic rings. The van der Waals surface area contributed by atoms with Crippen LogP contribution in [0, 0.1) is 17.9 Å². The minimum Gasteiger partial charge on any atom is -0.309 e. The van der Waals surface area contributed by atoms with E-state index in [1.807, 2.05) is 12.1 Å². The zero-order valence-corrected chi connectivity index (χ0v) is 25.7. The normalized spacial score (nSPS) is 11.9. The van der Waals surface area contributed by atoms with Crippen molar-refractivity contribution in [2.45, 2.75) is 52.4 Å². The highest BCUT2D eigenvalue weighted by Gasteiger charge is 2.22. The summed E-state index contributed by atoms with van der Waals surface area (Å²) in [4.78, 5) is 3.77. The second-order valence-corrected chi connectivity index (χ2v) is 13.4. The lowest BCUT2D eigenvalue weighted by molar-refractivity contribution is 0.590. The van der Waals surface area contributed by atoms with E-state index in [0.717, 1.165) is 39.0 Å². The second-order valence-electron chi connectivity index (χ2n) is 13.4. The molecule has 0 aliphatic heterocycles. The van der Waals surface area contributed by atoms with Gasteiger partial charge in [0.2, 0.25) is 0 Å². The minimum atomic E-state index is 0.0275. The van der Waals surface area contributed by atoms with Crippen LogP contribution in [0.25, 0.3) is 54.6 Å². The first kappa shape index (κ1) is 28.0. The molecule has 0 amide bonds. The molecule has 0 radical (unpaired) electrons. The Morgan fingerprint density at radius 1 is 0.628 bits per heavy atom. The van der Waals surface area contributed by atoms with E-state index < -0.39 is 0 Å². The summed E-state index contributed by atoms with van der Waals surface area (Å²) in [5, 5.41) is 12.1. The monoisotopic (exact) mass is 557 g/mol. The average Bonchev–Trinajstić information content (AvgIpc) is 3.33. The molecule has 0 saturated carbocycles. The van der Waals surface area contributed by atoms with Crippen LogP contribution in [0.1, 0.15) is 58.2 Å². The number of rotatable bonds is 3. The molecule has 0 aliphatic rings. The first-order valence-electron chi connectivity index (χ1n) is 14.7. The van der Waals surface area contributed by atoms with Crippen LogP contribution in [0.3, 0.4) is 0 Å². The summed E-state index contributed by atoms with van der Waals surface area (Å²) in [5.74, 6) is 0. The fourth-order valence-corrected chi connectivity index (χ4v) is 5.90. The van der Waals surface area contributed by atoms with Gasteiger partial charge in [-0.15, -0.1) is 0 Å². The number of benzene rings is 5. The number of hydrogen-bond donors (Lipinski definition) is 0. The van der Waals surface area contributed by atoms with Gasteiger partial charge >= 0.3 is 0 Å². The van der Waals surface area contributed by atoms with Gasteiger partial charge in [-0.05, 0) is 81.1 Å². The molecule has 0 spiro atoms. The maximum Gasteiger partial charge on any atom is 0.194 e. The van der Waals surface area contributed by atoms with Crippen molar-refractivity contribution in [2.75, 3.05) is 0 Å². The summed E-state index contributed by atoms with van der Waals surface area (Å²) >= 11 is 0. The SMILES string of the molecule is [C-]#[N+]c1ccc(C#N)cc1-c1ccc(-n2c3ccc(C(C)(C)C)cc3c3cc(C(C)(C)C)ccc32)c(-c2ccccc2)c1. The molecule has 0 fully saturated rings. The molecule has 210 valence electrons. The quantitative estimate of drug-likeness (QED) is 0.199. The number of hydrogen-bond acceptors (Lipinski definition) is 1. The van der Waals surface area contributed by atoms with Crippen molar-refractivity contribution in [3.05, 3.63) is 131 Å². The first-order valence-corrected chi connectivity index (χ1v) is 14.7. The van der Waals surface area contributed by atoms with Gasteiger partial charge in [-0.2, -0.15) is 5.26 Å². The third-order valence-corrected chi connectivity index (χ3v) is 8.38. The predicted octanol–water partition coefficient (Wildman–Crippen LogP) is 11.1. The van der Waals surface area contributed by atoms with Crippen molar-refractivity contribution in [2.24, 2.45) is 0 Å². The Labute approximate surface area is 254 Å². The van der Waals surface area contributed by atoms with E-state index in [4.69, 9.17) is 6.57 Å². The molecule has 0 saturated heterocycles. The van der Waals surface area contributed by atoms with Crippen LogP contribution in [0.15, 0.2) is 103 Å². The van der Waals surface area contributed by atoms with E-state index in [9.17, 15) is 5.26 Å². The van der Waals surface area contributed by atoms with Gasteiger partial charge in [-0.3, -0.25) is 0 Å². The summed E-state index contributed by atoms with van der Waals surface area (Å²) in [5.41, 5.74) is 11.0. The highest BCUT2D eigenvalue weighted by molar-refractivity contribution is 6.10. The summed E-state index contributed by atoms with van der Waals surface area (Å²) in [6, 6.07) is 38.1. The van der Waals surface area contributed by atoms with Crippen LogP contribution in [0.2, 0.25) is 0 Å². The largest absolute Gasteiger partial charge is 0.309 e. The summed E-state index contributed by atoms with van der Waals surface area (Å²) < 4.78 is 2.39. The van der Waals surface area contributed by atoms with Crippen LogP contribution in [0.5, 0.6) is 0 Å². The highest BCUT2D eigenvalue weighted by Crippen LogP contribution is 2.42. The first-order chi connectivity index (χ1) is 20.5. The lowest BCUT2D eigenvalue weighted by Gasteiger charge is -2.20. The fraction of sp³-hybridized carbons (Fsp3) is 0.200. The highest BCUT2D eigenvalue weighted by atomic mass is 15.0. The molecule has 43 heavy (non-hydrogen) atoms. The van der Waals surface area contributed by atoms with Gasteiger partial charge in [-0.25, -0.2) is 4.85 Å². The zero-order chi connectivity index (χ0) is 30.5. The molecule has 3 heteroatoms. The van der Waals surface area contributed by atoms with Gasteiger partial charge in [0.1, 0.15) is 0 Å². The lowest BCUT2D eigenvalue weighted by Crippen LogP contribution is -2.10. The number of nitrogens with zero attached hydrogens (tertiary/aromatic N) is 3. The topological polar surface area (TPSA) is 33.1 Å². The van der Waals surface area contributed by atoms with E-state index in [2.05, 4.69) is 136 Å². The third kappa shape index (κ3) is 4.98. The molecule has 5 aromatic carbocycles. The van der Waals surface area contributed by atoms with Crippen molar-refractivity contribution in [3.63, 3.8) is 0 Å². The molecule has 0 N–H and O–H groups in total. The van der Waals surface area contributed by atoms with E-state index in [1.165, 1.54) is 21.9 Å². The Bertz CT molecular complexity index is 2030. The van der Waals surface area contributed by atoms with E-state index in [1.54, 1.807) is 12.1 Å². The molecule has 0 unspecified atom stereocenters. The number of fused-ring (bicyclic) bond motifs is 3. The maximum absolute atomic E-state index is 9.58. The predicted molar refractivity (Wildman–Crippen MR) is 180 cm³/mol. The number of nitriles is 1. The molecule has 1 aromatic heterocycles. The van der Waals surface area contributed by atoms with Crippen LogP contribution in [0.4, 0.5) is 5.69 Å². The van der Waals surface area contributed by atoms with Crippen LogP contribution in [-0.4, -0.2) is 4.57 Å². The molecule has 3 nitrogen and oxygen atoms in total. The Hall–Kier alpha value is -5.12. The van der Waals surface area contributed by atoms with E-state index in [0.29, 0.717) is 11.3 Å². The Balaban J connectivity index is 1.70. The zero-order valence-electron chi connectivity index (χ0n) is 25.7. The molecule has 1 heterocycles. The number of aromatic nitrogens is 1. The Morgan fingerprint density at radius 3 is 1.77 bits per heavy atom. The second kappa shape index (κ2) is 10.3. The molecular weight excluding hydrogens is 522 g/mol. The maximum atomic E-state index is 9.58. The molecule has 0 bridgehead atoms. The summed E-state index contributed by atoms with van der Waals surface area (Å²) in [6.45, 7) is 21.4.